The van der Waals surface area contributed by atoms with Gasteiger partial charge < -0.3 is 89.0 Å². The highest BCUT2D eigenvalue weighted by Gasteiger charge is 2.54. The molecule has 0 amide bonds. The van der Waals surface area contributed by atoms with Gasteiger partial charge in [0.05, 0.1) is 33.0 Å². The Hall–Kier alpha value is -3.67. The fourth-order valence-electron chi connectivity index (χ4n) is 6.10. The number of carbonyl (C=O) groups excluding carboxylic acids is 1. The summed E-state index contributed by atoms with van der Waals surface area (Å²) >= 11 is 0. The Morgan fingerprint density at radius 2 is 1.52 bits per heavy atom. The molecule has 54 heavy (non-hydrogen) atoms. The molecular formula is C35H46O19. The molecule has 3 saturated heterocycles. The van der Waals surface area contributed by atoms with Gasteiger partial charge in [0.25, 0.3) is 0 Å². The Balaban J connectivity index is 1.40. The number of hydrogen-bond acceptors (Lipinski definition) is 19. The van der Waals surface area contributed by atoms with Crippen molar-refractivity contribution in [2.45, 2.75) is 99.4 Å². The molecule has 0 bridgehead atoms. The molecule has 0 spiro atoms. The molecule has 3 fully saturated rings. The number of carbonyl (C=O) groups is 1. The van der Waals surface area contributed by atoms with Gasteiger partial charge >= 0.3 is 5.97 Å². The number of benzene rings is 2. The Morgan fingerprint density at radius 1 is 0.796 bits per heavy atom. The lowest BCUT2D eigenvalue weighted by atomic mass is 9.96. The van der Waals surface area contributed by atoms with Crippen LogP contribution in [-0.4, -0.2) is 170 Å². The van der Waals surface area contributed by atoms with Gasteiger partial charge in [0.1, 0.15) is 54.9 Å². The van der Waals surface area contributed by atoms with E-state index in [0.29, 0.717) is 11.1 Å². The maximum atomic E-state index is 13.2. The number of aromatic hydroxyl groups is 3. The van der Waals surface area contributed by atoms with Gasteiger partial charge in [0.2, 0.25) is 0 Å². The van der Waals surface area contributed by atoms with Gasteiger partial charge in [0, 0.05) is 6.08 Å². The molecule has 2 aromatic carbocycles. The standard InChI is InChI=1S/C35H46O19/c1-15-25(42)27(44)32(54-33-28(45)26(43)21(40)14-49-33)35(50-15)53-31-29(46)34(48-10-9-17-3-6-18(37)20(39)11-17)51-23(13-36)30(31)52-24(41)8-5-16-4-7-19(38)22(12-16)47-2/h3-8,11-12,15,21,23,25-40,42-46H,9-10,13-14H2,1-2H3/t15-,21-,23+,25-,26+,27+,28+,29+,30+,31+,32+,33+,34+,35-/m0/s1. The number of esters is 1. The summed E-state index contributed by atoms with van der Waals surface area (Å²) in [5.74, 6) is -1.67. The lowest BCUT2D eigenvalue weighted by Crippen LogP contribution is -2.66. The van der Waals surface area contributed by atoms with E-state index in [0.717, 1.165) is 6.08 Å². The Kier molecular flexibility index (Phi) is 14.1. The maximum Gasteiger partial charge on any atom is 0.331 e. The van der Waals surface area contributed by atoms with Gasteiger partial charge in [0.15, 0.2) is 48.0 Å². The van der Waals surface area contributed by atoms with Crippen molar-refractivity contribution in [3.63, 3.8) is 0 Å². The number of aliphatic hydroxyl groups is 7. The highest BCUT2D eigenvalue weighted by molar-refractivity contribution is 5.87. The van der Waals surface area contributed by atoms with Crippen LogP contribution in [-0.2, 0) is 44.4 Å². The normalized spacial score (nSPS) is 35.9. The first-order valence-corrected chi connectivity index (χ1v) is 17.0. The van der Waals surface area contributed by atoms with E-state index in [9.17, 15) is 55.9 Å². The minimum absolute atomic E-state index is 0.126. The SMILES string of the molecule is COc1cc(C=CC(=O)O[C@H]2[C@H](O[C@@H]3O[C@@H](C)[C@H](O)[C@@H](O)[C@H]3O[C@H]3OC[C@H](O)[C@@H](O)[C@H]3O)[C@@H](O)[C@H](OCCc3ccc(O)c(O)c3)O[C@@H]2CO)ccc1O. The van der Waals surface area contributed by atoms with E-state index in [-0.39, 0.29) is 36.0 Å². The third kappa shape index (κ3) is 9.58. The van der Waals surface area contributed by atoms with Crippen molar-refractivity contribution >= 4 is 12.0 Å². The summed E-state index contributed by atoms with van der Waals surface area (Å²) in [5, 5.41) is 104. The van der Waals surface area contributed by atoms with Crippen molar-refractivity contribution in [3.05, 3.63) is 53.6 Å². The van der Waals surface area contributed by atoms with Crippen LogP contribution in [0.2, 0.25) is 0 Å². The number of aliphatic hydroxyl groups excluding tert-OH is 7. The van der Waals surface area contributed by atoms with Gasteiger partial charge in [-0.1, -0.05) is 12.1 Å². The van der Waals surface area contributed by atoms with Crippen LogP contribution in [0.5, 0.6) is 23.0 Å². The average Bonchev–Trinajstić information content (AvgIpc) is 3.15. The summed E-state index contributed by atoms with van der Waals surface area (Å²) in [6.07, 6.45) is -19.9. The van der Waals surface area contributed by atoms with Crippen molar-refractivity contribution in [1.29, 1.82) is 0 Å². The fraction of sp³-hybridized carbons (Fsp3) is 0.571. The molecule has 300 valence electrons. The summed E-state index contributed by atoms with van der Waals surface area (Å²) in [6.45, 7) is 0.0235. The summed E-state index contributed by atoms with van der Waals surface area (Å²) in [7, 11) is 1.35. The number of methoxy groups -OCH3 is 1. The van der Waals surface area contributed by atoms with E-state index in [1.165, 1.54) is 56.5 Å². The molecule has 0 radical (unpaired) electrons. The first-order valence-electron chi connectivity index (χ1n) is 17.0. The molecule has 19 nitrogen and oxygen atoms in total. The molecule has 3 aliphatic rings. The Morgan fingerprint density at radius 3 is 2.22 bits per heavy atom. The maximum absolute atomic E-state index is 13.2. The first-order chi connectivity index (χ1) is 25.7. The highest BCUT2D eigenvalue weighted by atomic mass is 16.8. The smallest absolute Gasteiger partial charge is 0.331 e. The van der Waals surface area contributed by atoms with Gasteiger partial charge in [-0.3, -0.25) is 0 Å². The van der Waals surface area contributed by atoms with Gasteiger partial charge in [-0.25, -0.2) is 4.79 Å². The van der Waals surface area contributed by atoms with Gasteiger partial charge in [-0.15, -0.1) is 0 Å². The first kappa shape index (κ1) is 41.5. The van der Waals surface area contributed by atoms with E-state index in [1.807, 2.05) is 0 Å². The van der Waals surface area contributed by atoms with Crippen molar-refractivity contribution in [3.8, 4) is 23.0 Å². The van der Waals surface area contributed by atoms with Crippen LogP contribution >= 0.6 is 0 Å². The quantitative estimate of drug-likeness (QED) is 0.0585. The molecule has 0 aromatic heterocycles. The predicted octanol–water partition coefficient (Wildman–Crippen LogP) is -2.25. The lowest BCUT2D eigenvalue weighted by molar-refractivity contribution is -0.381. The van der Waals surface area contributed by atoms with Crippen molar-refractivity contribution < 1.29 is 93.8 Å². The van der Waals surface area contributed by atoms with E-state index in [2.05, 4.69) is 0 Å². The molecule has 3 aliphatic heterocycles. The molecule has 3 heterocycles. The van der Waals surface area contributed by atoms with Crippen LogP contribution in [0.15, 0.2) is 42.5 Å². The average molecular weight is 771 g/mol. The topological polar surface area (TPSA) is 293 Å². The molecule has 0 aliphatic carbocycles. The second-order valence-corrected chi connectivity index (χ2v) is 13.0. The summed E-state index contributed by atoms with van der Waals surface area (Å²) in [5.41, 5.74) is 0.985. The predicted molar refractivity (Wildman–Crippen MR) is 179 cm³/mol. The van der Waals surface area contributed by atoms with Crippen LogP contribution in [0, 0.1) is 0 Å². The van der Waals surface area contributed by atoms with E-state index >= 15 is 0 Å². The molecule has 0 unspecified atom stereocenters. The van der Waals surface area contributed by atoms with Crippen LogP contribution in [0.3, 0.4) is 0 Å². The van der Waals surface area contributed by atoms with E-state index in [4.69, 9.17) is 37.9 Å². The number of phenols is 3. The number of hydrogen-bond donors (Lipinski definition) is 10. The zero-order valence-corrected chi connectivity index (χ0v) is 29.2. The van der Waals surface area contributed by atoms with Crippen LogP contribution in [0.1, 0.15) is 18.1 Å². The monoisotopic (exact) mass is 770 g/mol. The molecule has 10 N–H and O–H groups in total. The molecule has 0 saturated carbocycles. The number of rotatable bonds is 13. The molecule has 2 aromatic rings. The van der Waals surface area contributed by atoms with Crippen molar-refractivity contribution in [1.82, 2.24) is 0 Å². The minimum Gasteiger partial charge on any atom is -0.504 e. The molecule has 19 heteroatoms. The van der Waals surface area contributed by atoms with E-state index in [1.54, 1.807) is 0 Å². The van der Waals surface area contributed by atoms with Crippen LogP contribution in [0.4, 0.5) is 0 Å². The number of phenolic OH excluding ortho intramolecular Hbond substituents is 3. The Labute approximate surface area is 308 Å². The summed E-state index contributed by atoms with van der Waals surface area (Å²) in [6, 6.07) is 8.41. The van der Waals surface area contributed by atoms with Crippen LogP contribution < -0.4 is 4.74 Å². The van der Waals surface area contributed by atoms with E-state index < -0.39 is 105 Å². The third-order valence-corrected chi connectivity index (χ3v) is 9.20. The summed E-state index contributed by atoms with van der Waals surface area (Å²) in [4.78, 5) is 13.2. The zero-order chi connectivity index (χ0) is 39.3. The minimum atomic E-state index is -1.81. The number of ether oxygens (including phenoxy) is 8. The second-order valence-electron chi connectivity index (χ2n) is 13.0. The lowest BCUT2D eigenvalue weighted by Gasteiger charge is -2.48. The van der Waals surface area contributed by atoms with Gasteiger partial charge in [-0.05, 0) is 54.8 Å². The largest absolute Gasteiger partial charge is 0.504 e. The van der Waals surface area contributed by atoms with Gasteiger partial charge in [-0.2, -0.15) is 0 Å². The fourth-order valence-corrected chi connectivity index (χ4v) is 6.10. The van der Waals surface area contributed by atoms with Crippen molar-refractivity contribution in [2.75, 3.05) is 26.9 Å². The molecule has 14 atom stereocenters. The Bertz CT molecular complexity index is 1570. The second kappa shape index (κ2) is 18.3. The summed E-state index contributed by atoms with van der Waals surface area (Å²) < 4.78 is 45.4. The van der Waals surface area contributed by atoms with Crippen LogP contribution in [0.25, 0.3) is 6.08 Å². The highest BCUT2D eigenvalue weighted by Crippen LogP contribution is 2.34. The molecule has 5 rings (SSSR count). The molecular weight excluding hydrogens is 724 g/mol. The van der Waals surface area contributed by atoms with Crippen molar-refractivity contribution in [2.24, 2.45) is 0 Å². The third-order valence-electron chi connectivity index (χ3n) is 9.20. The zero-order valence-electron chi connectivity index (χ0n) is 29.2.